The van der Waals surface area contributed by atoms with Gasteiger partial charge in [-0.3, -0.25) is 0 Å². The van der Waals surface area contributed by atoms with Crippen LogP contribution >= 0.6 is 0 Å². The predicted molar refractivity (Wildman–Crippen MR) is 180 cm³/mol. The van der Waals surface area contributed by atoms with E-state index in [-0.39, 0.29) is 17.4 Å². The second-order valence-electron chi connectivity index (χ2n) is 11.3. The van der Waals surface area contributed by atoms with Crippen LogP contribution in [0, 0.1) is 6.92 Å². The number of hydrogen-bond acceptors (Lipinski definition) is 4. The van der Waals surface area contributed by atoms with Crippen molar-refractivity contribution in [3.63, 3.8) is 0 Å². The smallest absolute Gasteiger partial charge is 0.508 e. The molecule has 0 saturated heterocycles. The number of aromatic hydroxyl groups is 1. The van der Waals surface area contributed by atoms with E-state index < -0.39 is 6.97 Å². The standard InChI is InChI=1S/C37H32BF2N3O3/c1-4-45-30-18-12-27(13-19-30)34-22-32(25-8-6-24(3)7-9-25)36-41-37-33(26-10-16-29(44)17-11-26)23-35(43(37)38(39,40)42(34)36)28-14-20-31(21-15-28)46-5-2/h6-23,44H,4-5H2,1-3H3. The van der Waals surface area contributed by atoms with E-state index in [9.17, 15) is 5.11 Å². The van der Waals surface area contributed by atoms with Gasteiger partial charge in [0, 0.05) is 16.8 Å². The van der Waals surface area contributed by atoms with E-state index >= 15 is 8.63 Å². The molecule has 0 aliphatic carbocycles. The van der Waals surface area contributed by atoms with Crippen molar-refractivity contribution in [2.75, 3.05) is 13.2 Å². The van der Waals surface area contributed by atoms with Crippen molar-refractivity contribution in [1.29, 1.82) is 0 Å². The van der Waals surface area contributed by atoms with E-state index in [4.69, 9.17) is 14.5 Å². The first kappa shape index (κ1) is 29.3. The molecule has 9 heteroatoms. The maximum absolute atomic E-state index is 17.5. The van der Waals surface area contributed by atoms with Crippen LogP contribution in [0.5, 0.6) is 17.2 Å². The molecule has 0 atom stereocenters. The van der Waals surface area contributed by atoms with Gasteiger partial charge in [0.1, 0.15) is 17.2 Å². The Morgan fingerprint density at radius 2 is 1.28 bits per heavy atom. The number of aryl methyl sites for hydroxylation is 1. The van der Waals surface area contributed by atoms with Crippen LogP contribution in [0.3, 0.4) is 0 Å². The van der Waals surface area contributed by atoms with Crippen LogP contribution in [0.25, 0.3) is 28.0 Å². The number of aromatic nitrogens is 1. The number of hydrogen-bond donors (Lipinski definition) is 1. The second-order valence-corrected chi connectivity index (χ2v) is 11.3. The number of halogens is 2. The van der Waals surface area contributed by atoms with Crippen molar-refractivity contribution in [2.45, 2.75) is 20.8 Å². The van der Waals surface area contributed by atoms with Crippen LogP contribution < -0.4 is 9.47 Å². The van der Waals surface area contributed by atoms with Gasteiger partial charge in [-0.15, -0.1) is 0 Å². The number of fused-ring (bicyclic) bond motifs is 2. The van der Waals surface area contributed by atoms with Gasteiger partial charge in [0.2, 0.25) is 5.82 Å². The summed E-state index contributed by atoms with van der Waals surface area (Å²) in [5, 5.41) is 9.98. The number of ether oxygens (including phenoxy) is 2. The number of aliphatic imine (C=N–C) groups is 1. The fraction of sp³-hybridized carbons (Fsp3) is 0.135. The Bertz CT molecular complexity index is 2030. The van der Waals surface area contributed by atoms with E-state index in [1.807, 2.05) is 45.0 Å². The molecule has 0 amide bonds. The predicted octanol–water partition coefficient (Wildman–Crippen LogP) is 8.50. The molecule has 3 heterocycles. The van der Waals surface area contributed by atoms with E-state index in [0.29, 0.717) is 63.9 Å². The van der Waals surface area contributed by atoms with Gasteiger partial charge in [0.15, 0.2) is 0 Å². The van der Waals surface area contributed by atoms with Crippen LogP contribution in [0.2, 0.25) is 0 Å². The van der Waals surface area contributed by atoms with Crippen molar-refractivity contribution < 1.29 is 27.7 Å². The summed E-state index contributed by atoms with van der Waals surface area (Å²) in [7, 11) is 0. The zero-order valence-electron chi connectivity index (χ0n) is 25.7. The van der Waals surface area contributed by atoms with Crippen molar-refractivity contribution in [2.24, 2.45) is 4.99 Å². The highest BCUT2D eigenvalue weighted by atomic mass is 19.2. The van der Waals surface area contributed by atoms with Crippen LogP contribution in [0.15, 0.2) is 114 Å². The summed E-state index contributed by atoms with van der Waals surface area (Å²) in [5.74, 6) is 1.75. The molecule has 5 aromatic rings. The van der Waals surface area contributed by atoms with Crippen LogP contribution in [0.4, 0.5) is 14.4 Å². The van der Waals surface area contributed by atoms with Crippen LogP contribution in [-0.2, 0) is 0 Å². The Morgan fingerprint density at radius 1 is 0.739 bits per heavy atom. The molecule has 0 radical (unpaired) electrons. The third kappa shape index (κ3) is 4.98. The summed E-state index contributed by atoms with van der Waals surface area (Å²) in [6.07, 6.45) is 1.76. The lowest BCUT2D eigenvalue weighted by atomic mass is 9.90. The average Bonchev–Trinajstić information content (AvgIpc) is 3.64. The average molecular weight is 615 g/mol. The Kier molecular flexibility index (Phi) is 7.31. The topological polar surface area (TPSA) is 59.0 Å². The monoisotopic (exact) mass is 615 g/mol. The summed E-state index contributed by atoms with van der Waals surface area (Å²) in [5.41, 5.74) is 5.57. The zero-order valence-corrected chi connectivity index (χ0v) is 25.7. The molecule has 4 aromatic carbocycles. The first-order chi connectivity index (χ1) is 22.3. The fourth-order valence-corrected chi connectivity index (χ4v) is 6.12. The number of benzene rings is 4. The number of rotatable bonds is 8. The molecule has 0 unspecified atom stereocenters. The zero-order chi connectivity index (χ0) is 32.0. The summed E-state index contributed by atoms with van der Waals surface area (Å²) in [6, 6.07) is 30.5. The molecule has 46 heavy (non-hydrogen) atoms. The summed E-state index contributed by atoms with van der Waals surface area (Å²) in [6.45, 7) is 2.33. The number of nitrogens with zero attached hydrogens (tertiary/aromatic N) is 3. The normalized spacial score (nSPS) is 14.8. The summed E-state index contributed by atoms with van der Waals surface area (Å²) in [4.78, 5) is 5.04. The molecule has 230 valence electrons. The molecule has 1 N–H and O–H groups in total. The lowest BCUT2D eigenvalue weighted by Gasteiger charge is -2.32. The van der Waals surface area contributed by atoms with Gasteiger partial charge in [-0.05, 0) is 115 Å². The van der Waals surface area contributed by atoms with E-state index in [0.717, 1.165) is 20.1 Å². The maximum atomic E-state index is 17.5. The number of amidine groups is 1. The van der Waals surface area contributed by atoms with Gasteiger partial charge in [0.05, 0.1) is 24.5 Å². The lowest BCUT2D eigenvalue weighted by Crippen LogP contribution is -2.53. The Labute approximate surface area is 266 Å². The van der Waals surface area contributed by atoms with Crippen LogP contribution in [-0.4, -0.2) is 45.8 Å². The number of phenols is 1. The van der Waals surface area contributed by atoms with E-state index in [1.54, 1.807) is 84.9 Å². The first-order valence-corrected chi connectivity index (χ1v) is 15.4. The minimum atomic E-state index is -4.46. The van der Waals surface area contributed by atoms with Gasteiger partial charge < -0.3 is 32.2 Å². The second kappa shape index (κ2) is 11.5. The minimum absolute atomic E-state index is 0.0885. The maximum Gasteiger partial charge on any atom is 0.642 e. The van der Waals surface area contributed by atoms with Crippen molar-refractivity contribution >= 4 is 29.9 Å². The molecular weight excluding hydrogens is 583 g/mol. The largest absolute Gasteiger partial charge is 0.642 e. The van der Waals surface area contributed by atoms with Gasteiger partial charge in [-0.1, -0.05) is 42.0 Å². The van der Waals surface area contributed by atoms with Crippen molar-refractivity contribution in [3.8, 4) is 39.6 Å². The van der Waals surface area contributed by atoms with Gasteiger partial charge in [0.25, 0.3) is 5.84 Å². The molecule has 0 fully saturated rings. The number of allylic oxidation sites excluding steroid dienone is 1. The number of phenolic OH excluding ortho intramolecular Hbond substituents is 1. The lowest BCUT2D eigenvalue weighted by molar-refractivity contribution is -0.291. The SMILES string of the molecule is CCOc1ccc(C2=[N+]3C(=Nc4c(-c5ccc(C)cc5)cc(-c5ccc(OCC)cc5)n4[B-]3(F)F)C(c3ccc(O)cc3)=C2)cc1. The van der Waals surface area contributed by atoms with Gasteiger partial charge in [-0.25, -0.2) is 0 Å². The molecule has 2 aliphatic rings. The third-order valence-corrected chi connectivity index (χ3v) is 8.32. The van der Waals surface area contributed by atoms with Gasteiger partial charge in [-0.2, -0.15) is 0 Å². The third-order valence-electron chi connectivity index (χ3n) is 8.32. The Morgan fingerprint density at radius 3 is 1.87 bits per heavy atom. The molecule has 0 bridgehead atoms. The molecule has 0 saturated carbocycles. The van der Waals surface area contributed by atoms with E-state index in [1.165, 1.54) is 0 Å². The van der Waals surface area contributed by atoms with E-state index in [2.05, 4.69) is 0 Å². The summed E-state index contributed by atoms with van der Waals surface area (Å²) < 4.78 is 48.4. The minimum Gasteiger partial charge on any atom is -0.508 e. The Balaban J connectivity index is 1.50. The molecule has 2 aliphatic heterocycles. The first-order valence-electron chi connectivity index (χ1n) is 15.4. The molecule has 6 nitrogen and oxygen atoms in total. The van der Waals surface area contributed by atoms with Crippen molar-refractivity contribution in [3.05, 3.63) is 126 Å². The highest BCUT2D eigenvalue weighted by molar-refractivity contribution is 6.63. The highest BCUT2D eigenvalue weighted by Crippen LogP contribution is 2.46. The Hall–Kier alpha value is -5.44. The molecule has 0 spiro atoms. The van der Waals surface area contributed by atoms with Gasteiger partial charge >= 0.3 is 6.97 Å². The highest BCUT2D eigenvalue weighted by Gasteiger charge is 2.53. The fourth-order valence-electron chi connectivity index (χ4n) is 6.12. The molecule has 7 rings (SSSR count). The van der Waals surface area contributed by atoms with Crippen LogP contribution in [0.1, 0.15) is 30.5 Å². The molecular formula is C37H32BF2N3O3. The summed E-state index contributed by atoms with van der Waals surface area (Å²) >= 11 is 0. The molecule has 1 aromatic heterocycles. The quantitative estimate of drug-likeness (QED) is 0.178. The van der Waals surface area contributed by atoms with Crippen molar-refractivity contribution in [1.82, 2.24) is 4.48 Å².